The highest BCUT2D eigenvalue weighted by molar-refractivity contribution is 5.92. The molecule has 28 heavy (non-hydrogen) atoms. The molecule has 0 atom stereocenters. The Labute approximate surface area is 167 Å². The second-order valence-corrected chi connectivity index (χ2v) is 6.95. The molecule has 2 aromatic rings. The van der Waals surface area contributed by atoms with Gasteiger partial charge in [-0.05, 0) is 17.7 Å². The summed E-state index contributed by atoms with van der Waals surface area (Å²) in [6, 6.07) is 17.9. The lowest BCUT2D eigenvalue weighted by Crippen LogP contribution is -2.46. The van der Waals surface area contributed by atoms with Gasteiger partial charge >= 0.3 is 0 Å². The fourth-order valence-corrected chi connectivity index (χ4v) is 3.32. The number of nitrogens with zero attached hydrogens (tertiary/aromatic N) is 2. The number of rotatable bonds is 8. The molecule has 3 rings (SSSR count). The summed E-state index contributed by atoms with van der Waals surface area (Å²) in [5, 5.41) is 2.94. The second-order valence-electron chi connectivity index (χ2n) is 6.95. The van der Waals surface area contributed by atoms with Crippen LogP contribution in [0.5, 0.6) is 5.75 Å². The quantitative estimate of drug-likeness (QED) is 0.764. The van der Waals surface area contributed by atoms with E-state index in [1.165, 1.54) is 5.56 Å². The summed E-state index contributed by atoms with van der Waals surface area (Å²) < 4.78 is 5.28. The van der Waals surface area contributed by atoms with Crippen molar-refractivity contribution < 1.29 is 9.53 Å². The number of anilines is 1. The molecule has 0 aromatic heterocycles. The Bertz CT molecular complexity index is 768. The van der Waals surface area contributed by atoms with Crippen LogP contribution >= 0.6 is 0 Å². The third-order valence-electron chi connectivity index (χ3n) is 4.97. The zero-order valence-electron chi connectivity index (χ0n) is 16.5. The van der Waals surface area contributed by atoms with E-state index in [9.17, 15) is 4.79 Å². The molecule has 0 unspecified atom stereocenters. The lowest BCUT2D eigenvalue weighted by Gasteiger charge is -2.34. The van der Waals surface area contributed by atoms with Crippen LogP contribution in [-0.2, 0) is 4.79 Å². The molecule has 1 fully saturated rings. The van der Waals surface area contributed by atoms with Gasteiger partial charge in [-0.1, -0.05) is 54.6 Å². The summed E-state index contributed by atoms with van der Waals surface area (Å²) in [6.45, 7) is 5.83. The molecule has 0 spiro atoms. The highest BCUT2D eigenvalue weighted by atomic mass is 16.5. The number of hydrogen-bond donors (Lipinski definition) is 1. The van der Waals surface area contributed by atoms with E-state index in [1.54, 1.807) is 7.11 Å². The number of nitrogens with one attached hydrogen (secondary N) is 1. The number of carbonyl (C=O) groups excluding carboxylic acids is 1. The molecule has 1 aliphatic heterocycles. The van der Waals surface area contributed by atoms with Crippen LogP contribution in [0.2, 0.25) is 0 Å². The average molecular weight is 380 g/mol. The van der Waals surface area contributed by atoms with E-state index in [0.29, 0.717) is 12.2 Å². The van der Waals surface area contributed by atoms with Crippen molar-refractivity contribution in [1.82, 2.24) is 9.80 Å². The maximum Gasteiger partial charge on any atom is 0.225 e. The Morgan fingerprint density at radius 3 is 2.43 bits per heavy atom. The molecular formula is C23H29N3O2. The molecule has 0 radical (unpaired) electrons. The number of carbonyl (C=O) groups is 1. The third kappa shape index (κ3) is 6.22. The van der Waals surface area contributed by atoms with E-state index >= 15 is 0 Å². The third-order valence-corrected chi connectivity index (χ3v) is 4.97. The van der Waals surface area contributed by atoms with Crippen molar-refractivity contribution in [3.63, 3.8) is 0 Å². The molecule has 0 bridgehead atoms. The first kappa shape index (κ1) is 20.1. The van der Waals surface area contributed by atoms with Crippen molar-refractivity contribution in [3.8, 4) is 5.75 Å². The van der Waals surface area contributed by atoms with Gasteiger partial charge in [-0.15, -0.1) is 0 Å². The Morgan fingerprint density at radius 2 is 1.68 bits per heavy atom. The predicted octanol–water partition coefficient (Wildman–Crippen LogP) is 3.35. The van der Waals surface area contributed by atoms with Gasteiger partial charge in [0.15, 0.2) is 0 Å². The first-order valence-corrected chi connectivity index (χ1v) is 9.84. The van der Waals surface area contributed by atoms with Crippen LogP contribution in [0.25, 0.3) is 6.08 Å². The van der Waals surface area contributed by atoms with Gasteiger partial charge in [0, 0.05) is 45.7 Å². The molecule has 1 N–H and O–H groups in total. The van der Waals surface area contributed by atoms with E-state index < -0.39 is 0 Å². The molecular weight excluding hydrogens is 350 g/mol. The molecule has 0 saturated carbocycles. The lowest BCUT2D eigenvalue weighted by molar-refractivity contribution is -0.116. The van der Waals surface area contributed by atoms with E-state index in [-0.39, 0.29) is 5.91 Å². The molecule has 148 valence electrons. The van der Waals surface area contributed by atoms with Crippen LogP contribution in [0.3, 0.4) is 0 Å². The standard InChI is InChI=1S/C23H29N3O2/c1-28-22-12-6-5-11-21(22)24-23(27)13-15-26-18-16-25(17-19-26)14-7-10-20-8-3-2-4-9-20/h2-12H,13-19H2,1H3,(H,24,27). The summed E-state index contributed by atoms with van der Waals surface area (Å²) in [6.07, 6.45) is 4.90. The van der Waals surface area contributed by atoms with Crippen molar-refractivity contribution in [2.75, 3.05) is 51.7 Å². The molecule has 1 amide bonds. The predicted molar refractivity (Wildman–Crippen MR) is 115 cm³/mol. The monoisotopic (exact) mass is 379 g/mol. The van der Waals surface area contributed by atoms with Gasteiger partial charge in [-0.2, -0.15) is 0 Å². The van der Waals surface area contributed by atoms with E-state index in [2.05, 4.69) is 51.5 Å². The van der Waals surface area contributed by atoms with Crippen LogP contribution < -0.4 is 10.1 Å². The van der Waals surface area contributed by atoms with Gasteiger partial charge in [0.25, 0.3) is 0 Å². The molecule has 5 heteroatoms. The van der Waals surface area contributed by atoms with Crippen molar-refractivity contribution >= 4 is 17.7 Å². The summed E-state index contributed by atoms with van der Waals surface area (Å²) >= 11 is 0. The largest absolute Gasteiger partial charge is 0.495 e. The molecule has 1 saturated heterocycles. The number of benzene rings is 2. The number of methoxy groups -OCH3 is 1. The molecule has 1 heterocycles. The highest BCUT2D eigenvalue weighted by Crippen LogP contribution is 2.23. The zero-order valence-corrected chi connectivity index (χ0v) is 16.5. The number of para-hydroxylation sites is 2. The van der Waals surface area contributed by atoms with Gasteiger partial charge in [-0.3, -0.25) is 9.69 Å². The number of ether oxygens (including phenoxy) is 1. The van der Waals surface area contributed by atoms with Gasteiger partial charge in [0.2, 0.25) is 5.91 Å². The summed E-state index contributed by atoms with van der Waals surface area (Å²) in [5.74, 6) is 0.714. The maximum absolute atomic E-state index is 12.3. The molecule has 1 aliphatic rings. The molecule has 2 aromatic carbocycles. The van der Waals surface area contributed by atoms with Crippen molar-refractivity contribution in [1.29, 1.82) is 0 Å². The van der Waals surface area contributed by atoms with Crippen LogP contribution in [0.1, 0.15) is 12.0 Å². The Kier molecular flexibility index (Phi) is 7.64. The smallest absolute Gasteiger partial charge is 0.225 e. The van der Waals surface area contributed by atoms with E-state index in [0.717, 1.165) is 45.0 Å². The Morgan fingerprint density at radius 1 is 1.00 bits per heavy atom. The number of piperazine rings is 1. The van der Waals surface area contributed by atoms with E-state index in [4.69, 9.17) is 4.74 Å². The molecule has 0 aliphatic carbocycles. The Hall–Kier alpha value is -2.63. The van der Waals surface area contributed by atoms with Gasteiger partial charge in [0.05, 0.1) is 12.8 Å². The Balaban J connectivity index is 1.35. The van der Waals surface area contributed by atoms with E-state index in [1.807, 2.05) is 30.3 Å². The normalized spacial score (nSPS) is 15.6. The fourth-order valence-electron chi connectivity index (χ4n) is 3.32. The average Bonchev–Trinajstić information content (AvgIpc) is 2.74. The number of amides is 1. The van der Waals surface area contributed by atoms with Gasteiger partial charge in [-0.25, -0.2) is 0 Å². The van der Waals surface area contributed by atoms with Gasteiger partial charge in [0.1, 0.15) is 5.75 Å². The highest BCUT2D eigenvalue weighted by Gasteiger charge is 2.17. The van der Waals surface area contributed by atoms with Crippen molar-refractivity contribution in [3.05, 3.63) is 66.2 Å². The molecule has 5 nitrogen and oxygen atoms in total. The van der Waals surface area contributed by atoms with Crippen LogP contribution in [0.4, 0.5) is 5.69 Å². The topological polar surface area (TPSA) is 44.8 Å². The SMILES string of the molecule is COc1ccccc1NC(=O)CCN1CCN(CC=Cc2ccccc2)CC1. The van der Waals surface area contributed by atoms with Crippen LogP contribution in [0, 0.1) is 0 Å². The van der Waals surface area contributed by atoms with Crippen LogP contribution in [0.15, 0.2) is 60.7 Å². The fraction of sp³-hybridized carbons (Fsp3) is 0.348. The summed E-state index contributed by atoms with van der Waals surface area (Å²) in [5.41, 5.74) is 1.97. The maximum atomic E-state index is 12.3. The summed E-state index contributed by atoms with van der Waals surface area (Å²) in [7, 11) is 1.61. The zero-order chi connectivity index (χ0) is 19.6. The van der Waals surface area contributed by atoms with Gasteiger partial charge < -0.3 is 15.0 Å². The minimum Gasteiger partial charge on any atom is -0.495 e. The summed E-state index contributed by atoms with van der Waals surface area (Å²) in [4.78, 5) is 17.1. The first-order valence-electron chi connectivity index (χ1n) is 9.84. The number of hydrogen-bond acceptors (Lipinski definition) is 4. The van der Waals surface area contributed by atoms with Crippen molar-refractivity contribution in [2.45, 2.75) is 6.42 Å². The minimum absolute atomic E-state index is 0.0257. The van der Waals surface area contributed by atoms with Crippen LogP contribution in [-0.4, -0.2) is 62.1 Å². The van der Waals surface area contributed by atoms with Crippen molar-refractivity contribution in [2.24, 2.45) is 0 Å². The minimum atomic E-state index is 0.0257. The second kappa shape index (κ2) is 10.6. The first-order chi connectivity index (χ1) is 13.7. The lowest BCUT2D eigenvalue weighted by atomic mass is 10.2.